The van der Waals surface area contributed by atoms with E-state index in [9.17, 15) is 19.2 Å². The summed E-state index contributed by atoms with van der Waals surface area (Å²) in [6.45, 7) is 14.7. The molecule has 2 N–H and O–H groups in total. The van der Waals surface area contributed by atoms with Gasteiger partial charge in [0.2, 0.25) is 11.8 Å². The number of benzene rings is 1. The topological polar surface area (TPSA) is 114 Å². The first-order valence-corrected chi connectivity index (χ1v) is 12.6. The van der Waals surface area contributed by atoms with E-state index in [1.807, 2.05) is 39.0 Å². The fourth-order valence-corrected chi connectivity index (χ4v) is 4.03. The van der Waals surface area contributed by atoms with Crippen molar-refractivity contribution in [2.24, 2.45) is 5.92 Å². The van der Waals surface area contributed by atoms with Gasteiger partial charge in [-0.3, -0.25) is 14.4 Å². The number of nitrogens with zero attached hydrogens (tertiary/aromatic N) is 1. The number of aryl methyl sites for hydroxylation is 2. The maximum absolute atomic E-state index is 13.8. The molecule has 0 heterocycles. The van der Waals surface area contributed by atoms with Crippen molar-refractivity contribution in [1.82, 2.24) is 15.5 Å². The van der Waals surface area contributed by atoms with Gasteiger partial charge in [0.1, 0.15) is 17.7 Å². The molecule has 0 saturated heterocycles. The van der Waals surface area contributed by atoms with Crippen LogP contribution >= 0.6 is 0 Å². The predicted octanol–water partition coefficient (Wildman–Crippen LogP) is 3.56. The van der Waals surface area contributed by atoms with Crippen LogP contribution in [0.15, 0.2) is 18.2 Å². The van der Waals surface area contributed by atoms with Gasteiger partial charge in [0.25, 0.3) is 0 Å². The molecule has 2 rings (SSSR count). The summed E-state index contributed by atoms with van der Waals surface area (Å²) in [5, 5.41) is 5.43. The van der Waals surface area contributed by atoms with Crippen molar-refractivity contribution in [3.05, 3.63) is 34.9 Å². The van der Waals surface area contributed by atoms with Crippen molar-refractivity contribution in [2.75, 3.05) is 13.2 Å². The Hall–Kier alpha value is -3.10. The van der Waals surface area contributed by atoms with Gasteiger partial charge in [0.15, 0.2) is 0 Å². The van der Waals surface area contributed by atoms with E-state index in [4.69, 9.17) is 9.47 Å². The largest absolute Gasteiger partial charge is 0.466 e. The molecular formula is C27H41N3O6. The van der Waals surface area contributed by atoms with E-state index < -0.39 is 29.7 Å². The normalized spacial score (nSPS) is 18.4. The first kappa shape index (κ1) is 29.1. The number of carbonyl (C=O) groups is 4. The third-order valence-electron chi connectivity index (χ3n) is 5.97. The van der Waals surface area contributed by atoms with E-state index in [0.717, 1.165) is 17.5 Å². The first-order chi connectivity index (χ1) is 16.7. The lowest BCUT2D eigenvalue weighted by Crippen LogP contribution is -2.53. The molecule has 4 unspecified atom stereocenters. The molecule has 36 heavy (non-hydrogen) atoms. The number of hydrogen-bond donors (Lipinski definition) is 2. The Morgan fingerprint density at radius 1 is 1.17 bits per heavy atom. The molecule has 0 spiro atoms. The van der Waals surface area contributed by atoms with Crippen LogP contribution in [-0.4, -0.2) is 59.6 Å². The number of carbonyl (C=O) groups excluding carboxylic acids is 4. The summed E-state index contributed by atoms with van der Waals surface area (Å²) in [5.74, 6) is -0.950. The van der Waals surface area contributed by atoms with Crippen LogP contribution in [0.1, 0.15) is 77.1 Å². The number of nitrogens with one attached hydrogen (secondary N) is 2. The maximum Gasteiger partial charge on any atom is 0.408 e. The van der Waals surface area contributed by atoms with E-state index in [2.05, 4.69) is 10.6 Å². The van der Waals surface area contributed by atoms with Crippen molar-refractivity contribution in [3.63, 3.8) is 0 Å². The van der Waals surface area contributed by atoms with Crippen LogP contribution < -0.4 is 10.6 Å². The predicted molar refractivity (Wildman–Crippen MR) is 136 cm³/mol. The van der Waals surface area contributed by atoms with Gasteiger partial charge in [-0.05, 0) is 71.9 Å². The number of esters is 1. The Morgan fingerprint density at radius 2 is 1.81 bits per heavy atom. The van der Waals surface area contributed by atoms with Gasteiger partial charge in [-0.1, -0.05) is 30.7 Å². The Kier molecular flexibility index (Phi) is 9.90. The summed E-state index contributed by atoms with van der Waals surface area (Å²) < 4.78 is 10.3. The summed E-state index contributed by atoms with van der Waals surface area (Å²) in [5.41, 5.74) is 1.82. The molecule has 1 aromatic rings. The summed E-state index contributed by atoms with van der Waals surface area (Å²) in [6, 6.07) is 3.80. The molecule has 1 aromatic carbocycles. The standard InChI is InChI=1S/C27H41N3O6/c1-9-35-22(31)12-13-28-24(32)23(20-14-16(2)10-11-17(20)3)30(21-15-18(21)4)25(33)19(5)29-26(34)36-27(6,7)8/h10-11,14,18-19,21,23H,9,12-13,15H2,1-8H3,(H,28,32)(H,29,34). The van der Waals surface area contributed by atoms with Gasteiger partial charge in [-0.2, -0.15) is 0 Å². The van der Waals surface area contributed by atoms with Crippen molar-refractivity contribution in [1.29, 1.82) is 0 Å². The van der Waals surface area contributed by atoms with Gasteiger partial charge >= 0.3 is 12.1 Å². The Bertz CT molecular complexity index is 971. The number of amides is 3. The highest BCUT2D eigenvalue weighted by Gasteiger charge is 2.47. The third-order valence-corrected chi connectivity index (χ3v) is 5.97. The van der Waals surface area contributed by atoms with Crippen LogP contribution in [0.5, 0.6) is 0 Å². The van der Waals surface area contributed by atoms with E-state index in [1.165, 1.54) is 0 Å². The SMILES string of the molecule is CCOC(=O)CCNC(=O)C(c1cc(C)ccc1C)N(C(=O)C(C)NC(=O)OC(C)(C)C)C1CC1C. The quantitative estimate of drug-likeness (QED) is 0.472. The summed E-state index contributed by atoms with van der Waals surface area (Å²) in [6.07, 6.45) is 0.0839. The zero-order valence-electron chi connectivity index (χ0n) is 22.8. The molecule has 0 aliphatic heterocycles. The number of hydrogen-bond acceptors (Lipinski definition) is 6. The molecule has 0 bridgehead atoms. The highest BCUT2D eigenvalue weighted by molar-refractivity contribution is 5.92. The van der Waals surface area contributed by atoms with Gasteiger partial charge in [0.05, 0.1) is 13.0 Å². The fraction of sp³-hybridized carbons (Fsp3) is 0.630. The fourth-order valence-electron chi connectivity index (χ4n) is 4.03. The van der Waals surface area contributed by atoms with Crippen molar-refractivity contribution < 1.29 is 28.7 Å². The smallest absolute Gasteiger partial charge is 0.408 e. The lowest BCUT2D eigenvalue weighted by Gasteiger charge is -2.35. The van der Waals surface area contributed by atoms with Crippen molar-refractivity contribution in [3.8, 4) is 0 Å². The second-order valence-corrected chi connectivity index (χ2v) is 10.5. The minimum atomic E-state index is -0.919. The van der Waals surface area contributed by atoms with Gasteiger partial charge < -0.3 is 25.0 Å². The second-order valence-electron chi connectivity index (χ2n) is 10.5. The molecule has 1 fully saturated rings. The first-order valence-electron chi connectivity index (χ1n) is 12.6. The van der Waals surface area contributed by atoms with Crippen LogP contribution in [0, 0.1) is 19.8 Å². The average molecular weight is 504 g/mol. The van der Waals surface area contributed by atoms with Crippen LogP contribution in [-0.2, 0) is 23.9 Å². The molecule has 9 heteroatoms. The highest BCUT2D eigenvalue weighted by atomic mass is 16.6. The minimum Gasteiger partial charge on any atom is -0.466 e. The van der Waals surface area contributed by atoms with Gasteiger partial charge in [-0.25, -0.2) is 4.79 Å². The molecule has 4 atom stereocenters. The van der Waals surface area contributed by atoms with Gasteiger partial charge in [-0.15, -0.1) is 0 Å². The number of ether oxygens (including phenoxy) is 2. The lowest BCUT2D eigenvalue weighted by atomic mass is 9.96. The monoisotopic (exact) mass is 503 g/mol. The van der Waals surface area contributed by atoms with E-state index in [-0.39, 0.29) is 43.3 Å². The molecule has 3 amide bonds. The van der Waals surface area contributed by atoms with E-state index in [1.54, 1.807) is 39.5 Å². The Morgan fingerprint density at radius 3 is 2.36 bits per heavy atom. The van der Waals surface area contributed by atoms with Crippen LogP contribution in [0.25, 0.3) is 0 Å². The highest BCUT2D eigenvalue weighted by Crippen LogP contribution is 2.41. The minimum absolute atomic E-state index is 0.0312. The molecule has 200 valence electrons. The second kappa shape index (κ2) is 12.2. The molecule has 0 aromatic heterocycles. The zero-order valence-corrected chi connectivity index (χ0v) is 22.8. The molecule has 1 aliphatic rings. The maximum atomic E-state index is 13.8. The van der Waals surface area contributed by atoms with Crippen LogP contribution in [0.4, 0.5) is 4.79 Å². The van der Waals surface area contributed by atoms with Gasteiger partial charge in [0, 0.05) is 12.6 Å². The Labute approximate surface area is 214 Å². The van der Waals surface area contributed by atoms with Crippen LogP contribution in [0.2, 0.25) is 0 Å². The molecule has 1 saturated carbocycles. The van der Waals surface area contributed by atoms with Crippen molar-refractivity contribution >= 4 is 23.9 Å². The van der Waals surface area contributed by atoms with E-state index >= 15 is 0 Å². The molecule has 1 aliphatic carbocycles. The molecule has 9 nitrogen and oxygen atoms in total. The number of rotatable bonds is 10. The third kappa shape index (κ3) is 8.24. The zero-order chi connectivity index (χ0) is 27.2. The summed E-state index contributed by atoms with van der Waals surface area (Å²) in [4.78, 5) is 53.1. The lowest BCUT2D eigenvalue weighted by molar-refractivity contribution is -0.144. The molecular weight excluding hydrogens is 462 g/mol. The summed E-state index contributed by atoms with van der Waals surface area (Å²) in [7, 11) is 0. The van der Waals surface area contributed by atoms with Crippen LogP contribution in [0.3, 0.4) is 0 Å². The van der Waals surface area contributed by atoms with Crippen molar-refractivity contribution in [2.45, 2.75) is 92.0 Å². The average Bonchev–Trinajstić information content (AvgIpc) is 3.47. The summed E-state index contributed by atoms with van der Waals surface area (Å²) >= 11 is 0. The number of alkyl carbamates (subject to hydrolysis) is 1. The Balaban J connectivity index is 2.36. The van der Waals surface area contributed by atoms with E-state index in [0.29, 0.717) is 5.56 Å². The molecule has 0 radical (unpaired) electrons.